The standard InChI is InChI=1S/C10H19NO4/c1-4-5-6-15-10(14)11(8(2)3)7-9(12)13/h8H,4-7H2,1-3H3,(H,12,13). The molecule has 0 saturated heterocycles. The number of carbonyl (C=O) groups excluding carboxylic acids is 1. The van der Waals surface area contributed by atoms with Gasteiger partial charge in [-0.25, -0.2) is 4.79 Å². The van der Waals surface area contributed by atoms with Gasteiger partial charge in [-0.15, -0.1) is 0 Å². The molecule has 5 heteroatoms. The van der Waals surface area contributed by atoms with E-state index in [9.17, 15) is 9.59 Å². The van der Waals surface area contributed by atoms with Gasteiger partial charge in [0.15, 0.2) is 0 Å². The number of amides is 1. The number of rotatable bonds is 6. The molecule has 1 amide bonds. The quantitative estimate of drug-likeness (QED) is 0.688. The van der Waals surface area contributed by atoms with Gasteiger partial charge < -0.3 is 9.84 Å². The summed E-state index contributed by atoms with van der Waals surface area (Å²) in [6.07, 6.45) is 1.18. The smallest absolute Gasteiger partial charge is 0.410 e. The van der Waals surface area contributed by atoms with Crippen LogP contribution in [0.3, 0.4) is 0 Å². The van der Waals surface area contributed by atoms with E-state index in [1.165, 1.54) is 4.90 Å². The van der Waals surface area contributed by atoms with Crippen molar-refractivity contribution in [1.29, 1.82) is 0 Å². The van der Waals surface area contributed by atoms with Crippen molar-refractivity contribution in [3.05, 3.63) is 0 Å². The van der Waals surface area contributed by atoms with Crippen LogP contribution in [0, 0.1) is 0 Å². The van der Waals surface area contributed by atoms with Crippen LogP contribution in [0.4, 0.5) is 4.79 Å². The lowest BCUT2D eigenvalue weighted by molar-refractivity contribution is -0.138. The molecule has 0 spiro atoms. The molecule has 15 heavy (non-hydrogen) atoms. The van der Waals surface area contributed by atoms with Crippen LogP contribution in [0.15, 0.2) is 0 Å². The summed E-state index contributed by atoms with van der Waals surface area (Å²) in [7, 11) is 0. The third-order valence-electron chi connectivity index (χ3n) is 1.89. The van der Waals surface area contributed by atoms with Crippen LogP contribution in [-0.4, -0.2) is 41.3 Å². The molecule has 0 aromatic heterocycles. The van der Waals surface area contributed by atoms with Crippen LogP contribution < -0.4 is 0 Å². The number of carboxylic acids is 1. The Hall–Kier alpha value is -1.26. The molecule has 0 unspecified atom stereocenters. The Morgan fingerprint density at radius 3 is 2.40 bits per heavy atom. The number of carbonyl (C=O) groups is 2. The Bertz CT molecular complexity index is 215. The Labute approximate surface area is 90.0 Å². The second-order valence-corrected chi connectivity index (χ2v) is 3.58. The van der Waals surface area contributed by atoms with E-state index >= 15 is 0 Å². The summed E-state index contributed by atoms with van der Waals surface area (Å²) < 4.78 is 4.93. The predicted molar refractivity (Wildman–Crippen MR) is 55.7 cm³/mol. The zero-order chi connectivity index (χ0) is 11.8. The highest BCUT2D eigenvalue weighted by Gasteiger charge is 2.20. The summed E-state index contributed by atoms with van der Waals surface area (Å²) in [6, 6.07) is -0.171. The summed E-state index contributed by atoms with van der Waals surface area (Å²) in [4.78, 5) is 23.1. The molecule has 0 radical (unpaired) electrons. The number of aliphatic carboxylic acids is 1. The fraction of sp³-hybridized carbons (Fsp3) is 0.800. The average Bonchev–Trinajstić information content (AvgIpc) is 2.13. The number of hydrogen-bond acceptors (Lipinski definition) is 3. The first-order valence-electron chi connectivity index (χ1n) is 5.14. The number of hydrogen-bond donors (Lipinski definition) is 1. The van der Waals surface area contributed by atoms with Gasteiger partial charge in [0.25, 0.3) is 0 Å². The van der Waals surface area contributed by atoms with Crippen molar-refractivity contribution < 1.29 is 19.4 Å². The van der Waals surface area contributed by atoms with E-state index < -0.39 is 12.1 Å². The monoisotopic (exact) mass is 217 g/mol. The van der Waals surface area contributed by atoms with Crippen molar-refractivity contribution in [2.45, 2.75) is 39.7 Å². The van der Waals surface area contributed by atoms with Crippen molar-refractivity contribution in [1.82, 2.24) is 4.90 Å². The molecular formula is C10H19NO4. The van der Waals surface area contributed by atoms with Crippen LogP contribution in [-0.2, 0) is 9.53 Å². The van der Waals surface area contributed by atoms with Crippen LogP contribution in [0.25, 0.3) is 0 Å². The van der Waals surface area contributed by atoms with Gasteiger partial charge in [0.1, 0.15) is 6.54 Å². The van der Waals surface area contributed by atoms with Crippen molar-refractivity contribution in [2.75, 3.05) is 13.2 Å². The Kier molecular flexibility index (Phi) is 6.49. The summed E-state index contributed by atoms with van der Waals surface area (Å²) in [5.74, 6) is -1.03. The van der Waals surface area contributed by atoms with Crippen molar-refractivity contribution in [2.24, 2.45) is 0 Å². The zero-order valence-corrected chi connectivity index (χ0v) is 9.52. The number of nitrogens with zero attached hydrogens (tertiary/aromatic N) is 1. The minimum absolute atomic E-state index is 0.171. The SMILES string of the molecule is CCCCOC(=O)N(CC(=O)O)C(C)C. The maximum atomic E-state index is 11.4. The molecule has 5 nitrogen and oxygen atoms in total. The predicted octanol–water partition coefficient (Wildman–Crippen LogP) is 1.72. The molecule has 0 aromatic carbocycles. The Balaban J connectivity index is 4.11. The normalized spacial score (nSPS) is 10.1. The van der Waals surface area contributed by atoms with E-state index in [4.69, 9.17) is 9.84 Å². The molecule has 0 fully saturated rings. The third kappa shape index (κ3) is 5.93. The van der Waals surface area contributed by atoms with E-state index in [0.29, 0.717) is 6.61 Å². The lowest BCUT2D eigenvalue weighted by Crippen LogP contribution is -2.41. The van der Waals surface area contributed by atoms with Gasteiger partial charge in [0, 0.05) is 6.04 Å². The molecule has 0 rings (SSSR count). The summed E-state index contributed by atoms with van der Waals surface area (Å²) in [6.45, 7) is 5.53. The van der Waals surface area contributed by atoms with Gasteiger partial charge in [0.05, 0.1) is 6.61 Å². The van der Waals surface area contributed by atoms with Gasteiger partial charge >= 0.3 is 12.1 Å². The molecular weight excluding hydrogens is 198 g/mol. The van der Waals surface area contributed by atoms with Gasteiger partial charge in [-0.3, -0.25) is 9.69 Å². The largest absolute Gasteiger partial charge is 0.480 e. The van der Waals surface area contributed by atoms with Crippen LogP contribution in [0.2, 0.25) is 0 Å². The second-order valence-electron chi connectivity index (χ2n) is 3.58. The van der Waals surface area contributed by atoms with Crippen LogP contribution >= 0.6 is 0 Å². The zero-order valence-electron chi connectivity index (χ0n) is 9.52. The molecule has 0 aliphatic rings. The first-order valence-corrected chi connectivity index (χ1v) is 5.14. The molecule has 0 aromatic rings. The van der Waals surface area contributed by atoms with E-state index in [-0.39, 0.29) is 12.6 Å². The second kappa shape index (κ2) is 7.09. The van der Waals surface area contributed by atoms with E-state index in [1.54, 1.807) is 13.8 Å². The molecule has 0 bridgehead atoms. The van der Waals surface area contributed by atoms with Crippen molar-refractivity contribution in [3.8, 4) is 0 Å². The topological polar surface area (TPSA) is 66.8 Å². The van der Waals surface area contributed by atoms with Crippen LogP contribution in [0.5, 0.6) is 0 Å². The summed E-state index contributed by atoms with van der Waals surface area (Å²) in [5, 5.41) is 8.60. The average molecular weight is 217 g/mol. The molecule has 0 aliphatic heterocycles. The number of unbranched alkanes of at least 4 members (excludes halogenated alkanes) is 1. The molecule has 0 heterocycles. The highest BCUT2D eigenvalue weighted by atomic mass is 16.6. The highest BCUT2D eigenvalue weighted by molar-refractivity contribution is 5.76. The fourth-order valence-electron chi connectivity index (χ4n) is 0.990. The maximum Gasteiger partial charge on any atom is 0.410 e. The van der Waals surface area contributed by atoms with Crippen molar-refractivity contribution in [3.63, 3.8) is 0 Å². The lowest BCUT2D eigenvalue weighted by atomic mass is 10.3. The minimum Gasteiger partial charge on any atom is -0.480 e. The lowest BCUT2D eigenvalue weighted by Gasteiger charge is -2.23. The summed E-state index contributed by atoms with van der Waals surface area (Å²) >= 11 is 0. The van der Waals surface area contributed by atoms with Gasteiger partial charge in [-0.2, -0.15) is 0 Å². The first-order chi connectivity index (χ1) is 6.99. The Morgan fingerprint density at radius 2 is 2.00 bits per heavy atom. The van der Waals surface area contributed by atoms with E-state index in [2.05, 4.69) is 0 Å². The highest BCUT2D eigenvalue weighted by Crippen LogP contribution is 2.02. The van der Waals surface area contributed by atoms with Crippen molar-refractivity contribution >= 4 is 12.1 Å². The maximum absolute atomic E-state index is 11.4. The molecule has 0 atom stereocenters. The van der Waals surface area contributed by atoms with E-state index in [1.807, 2.05) is 6.92 Å². The molecule has 1 N–H and O–H groups in total. The van der Waals surface area contributed by atoms with Gasteiger partial charge in [-0.05, 0) is 20.3 Å². The van der Waals surface area contributed by atoms with Gasteiger partial charge in [-0.1, -0.05) is 13.3 Å². The fourth-order valence-corrected chi connectivity index (χ4v) is 0.990. The molecule has 0 aliphatic carbocycles. The third-order valence-corrected chi connectivity index (χ3v) is 1.89. The number of ether oxygens (including phenoxy) is 1. The first kappa shape index (κ1) is 13.7. The molecule has 0 saturated carbocycles. The van der Waals surface area contributed by atoms with Gasteiger partial charge in [0.2, 0.25) is 0 Å². The summed E-state index contributed by atoms with van der Waals surface area (Å²) in [5.41, 5.74) is 0. The number of carboxylic acid groups (broad SMARTS) is 1. The molecule has 88 valence electrons. The Morgan fingerprint density at radius 1 is 1.40 bits per heavy atom. The van der Waals surface area contributed by atoms with Crippen LogP contribution in [0.1, 0.15) is 33.6 Å². The van der Waals surface area contributed by atoms with E-state index in [0.717, 1.165) is 12.8 Å². The minimum atomic E-state index is -1.03.